The molecule has 110 valence electrons. The number of carbonyl (C=O) groups excluding carboxylic acids is 1. The van der Waals surface area contributed by atoms with Crippen LogP contribution in [0.1, 0.15) is 21.5 Å². The van der Waals surface area contributed by atoms with E-state index < -0.39 is 11.7 Å². The minimum atomic E-state index is -4.38. The molecule has 0 bridgehead atoms. The van der Waals surface area contributed by atoms with E-state index in [1.807, 2.05) is 13.0 Å². The van der Waals surface area contributed by atoms with Gasteiger partial charge in [0.25, 0.3) is 5.91 Å². The first-order valence-corrected chi connectivity index (χ1v) is 7.10. The van der Waals surface area contributed by atoms with Crippen LogP contribution in [-0.4, -0.2) is 5.91 Å². The van der Waals surface area contributed by atoms with E-state index in [0.29, 0.717) is 11.3 Å². The van der Waals surface area contributed by atoms with Crippen LogP contribution in [0.2, 0.25) is 0 Å². The number of alkyl halides is 3. The molecule has 0 saturated heterocycles. The van der Waals surface area contributed by atoms with Gasteiger partial charge in [0.15, 0.2) is 0 Å². The van der Waals surface area contributed by atoms with E-state index in [1.165, 1.54) is 12.1 Å². The van der Waals surface area contributed by atoms with Crippen LogP contribution in [0.25, 0.3) is 0 Å². The van der Waals surface area contributed by atoms with E-state index in [4.69, 9.17) is 0 Å². The fraction of sp³-hybridized carbons (Fsp3) is 0.133. The van der Waals surface area contributed by atoms with E-state index in [9.17, 15) is 18.0 Å². The zero-order valence-corrected chi connectivity index (χ0v) is 13.1. The Morgan fingerprint density at radius 3 is 2.24 bits per heavy atom. The van der Waals surface area contributed by atoms with Gasteiger partial charge in [-0.15, -0.1) is 0 Å². The first-order chi connectivity index (χ1) is 9.77. The highest BCUT2D eigenvalue weighted by Gasteiger charge is 2.29. The Hall–Kier alpha value is -1.57. The summed E-state index contributed by atoms with van der Waals surface area (Å²) in [6, 6.07) is 9.58. The predicted molar refractivity (Wildman–Crippen MR) is 83.3 cm³/mol. The molecule has 21 heavy (non-hydrogen) atoms. The van der Waals surface area contributed by atoms with E-state index >= 15 is 0 Å². The number of halogens is 4. The van der Waals surface area contributed by atoms with Crippen LogP contribution in [-0.2, 0) is 6.18 Å². The van der Waals surface area contributed by atoms with Crippen molar-refractivity contribution in [1.29, 1.82) is 0 Å². The number of benzene rings is 2. The van der Waals surface area contributed by atoms with Crippen LogP contribution >= 0.6 is 22.6 Å². The third-order valence-corrected chi connectivity index (χ3v) is 4.07. The van der Waals surface area contributed by atoms with Crippen molar-refractivity contribution in [2.45, 2.75) is 13.1 Å². The van der Waals surface area contributed by atoms with Gasteiger partial charge in [0.05, 0.1) is 5.56 Å². The summed E-state index contributed by atoms with van der Waals surface area (Å²) in [6.45, 7) is 1.93. The Bertz CT molecular complexity index is 666. The first-order valence-electron chi connectivity index (χ1n) is 6.02. The third kappa shape index (κ3) is 3.96. The fourth-order valence-electron chi connectivity index (χ4n) is 1.68. The average Bonchev–Trinajstić information content (AvgIpc) is 2.41. The Morgan fingerprint density at radius 1 is 1.10 bits per heavy atom. The zero-order valence-electron chi connectivity index (χ0n) is 11.0. The van der Waals surface area contributed by atoms with Crippen molar-refractivity contribution in [3.05, 3.63) is 62.7 Å². The van der Waals surface area contributed by atoms with Crippen LogP contribution in [0, 0.1) is 10.5 Å². The lowest BCUT2D eigenvalue weighted by Gasteiger charge is -2.09. The standard InChI is InChI=1S/C15H11F3INO/c1-9-2-3-10(8-13(9)19)14(21)20-12-6-4-11(5-7-12)15(16,17)18/h2-8H,1H3,(H,20,21). The second-order valence-electron chi connectivity index (χ2n) is 4.49. The molecule has 0 spiro atoms. The van der Waals surface area contributed by atoms with Gasteiger partial charge in [0.2, 0.25) is 0 Å². The average molecular weight is 405 g/mol. The van der Waals surface area contributed by atoms with Gasteiger partial charge >= 0.3 is 6.18 Å². The second kappa shape index (κ2) is 6.05. The molecule has 0 saturated carbocycles. The third-order valence-electron chi connectivity index (χ3n) is 2.90. The van der Waals surface area contributed by atoms with Gasteiger partial charge in [-0.25, -0.2) is 0 Å². The molecule has 2 aromatic carbocycles. The summed E-state index contributed by atoms with van der Waals surface area (Å²) in [5.74, 6) is -0.354. The minimum absolute atomic E-state index is 0.323. The molecule has 6 heteroatoms. The van der Waals surface area contributed by atoms with Gasteiger partial charge in [0.1, 0.15) is 0 Å². The molecule has 0 heterocycles. The van der Waals surface area contributed by atoms with Crippen molar-refractivity contribution in [2.24, 2.45) is 0 Å². The zero-order chi connectivity index (χ0) is 15.6. The molecule has 2 aromatic rings. The number of hydrogen-bond acceptors (Lipinski definition) is 1. The maximum absolute atomic E-state index is 12.4. The number of anilines is 1. The highest BCUT2D eigenvalue weighted by molar-refractivity contribution is 14.1. The normalized spacial score (nSPS) is 11.3. The highest BCUT2D eigenvalue weighted by atomic mass is 127. The largest absolute Gasteiger partial charge is 0.416 e. The molecule has 0 radical (unpaired) electrons. The van der Waals surface area contributed by atoms with Gasteiger partial charge in [-0.2, -0.15) is 13.2 Å². The number of amides is 1. The summed E-state index contributed by atoms with van der Waals surface area (Å²) in [5, 5.41) is 2.57. The van der Waals surface area contributed by atoms with Crippen LogP contribution in [0.5, 0.6) is 0 Å². The second-order valence-corrected chi connectivity index (χ2v) is 5.66. The number of aryl methyl sites for hydroxylation is 1. The van der Waals surface area contributed by atoms with Crippen LogP contribution in [0.3, 0.4) is 0 Å². The quantitative estimate of drug-likeness (QED) is 0.710. The fourth-order valence-corrected chi connectivity index (χ4v) is 2.20. The maximum Gasteiger partial charge on any atom is 0.416 e. The lowest BCUT2D eigenvalue weighted by atomic mass is 10.1. The minimum Gasteiger partial charge on any atom is -0.322 e. The predicted octanol–water partition coefficient (Wildman–Crippen LogP) is 4.87. The Morgan fingerprint density at radius 2 is 1.71 bits per heavy atom. The molecule has 0 fully saturated rings. The molecule has 0 atom stereocenters. The molecule has 0 unspecified atom stereocenters. The summed E-state index contributed by atoms with van der Waals surface area (Å²) in [7, 11) is 0. The van der Waals surface area contributed by atoms with Gasteiger partial charge in [0, 0.05) is 14.8 Å². The van der Waals surface area contributed by atoms with E-state index in [1.54, 1.807) is 12.1 Å². The Labute approximate surface area is 133 Å². The summed E-state index contributed by atoms with van der Waals surface area (Å²) in [4.78, 5) is 12.0. The number of hydrogen-bond donors (Lipinski definition) is 1. The molecule has 0 aliphatic carbocycles. The molecular formula is C15H11F3INO. The lowest BCUT2D eigenvalue weighted by Crippen LogP contribution is -2.12. The van der Waals surface area contributed by atoms with Crippen molar-refractivity contribution >= 4 is 34.2 Å². The Kier molecular flexibility index (Phi) is 4.55. The van der Waals surface area contributed by atoms with Gasteiger partial charge in [-0.05, 0) is 71.5 Å². The molecule has 0 aromatic heterocycles. The summed E-state index contributed by atoms with van der Waals surface area (Å²) >= 11 is 2.12. The number of carbonyl (C=O) groups is 1. The van der Waals surface area contributed by atoms with Crippen LogP contribution < -0.4 is 5.32 Å². The van der Waals surface area contributed by atoms with Crippen LogP contribution in [0.15, 0.2) is 42.5 Å². The van der Waals surface area contributed by atoms with E-state index in [2.05, 4.69) is 27.9 Å². The molecule has 2 rings (SSSR count). The number of nitrogens with one attached hydrogen (secondary N) is 1. The summed E-state index contributed by atoms with van der Waals surface area (Å²) in [6.07, 6.45) is -4.38. The van der Waals surface area contributed by atoms with E-state index in [0.717, 1.165) is 21.3 Å². The lowest BCUT2D eigenvalue weighted by molar-refractivity contribution is -0.137. The van der Waals surface area contributed by atoms with E-state index in [-0.39, 0.29) is 5.91 Å². The first kappa shape index (κ1) is 15.8. The molecule has 2 nitrogen and oxygen atoms in total. The SMILES string of the molecule is Cc1ccc(C(=O)Nc2ccc(C(F)(F)F)cc2)cc1I. The van der Waals surface area contributed by atoms with Gasteiger partial charge in [-0.1, -0.05) is 6.07 Å². The van der Waals surface area contributed by atoms with Crippen molar-refractivity contribution < 1.29 is 18.0 Å². The van der Waals surface area contributed by atoms with Crippen molar-refractivity contribution in [2.75, 3.05) is 5.32 Å². The maximum atomic E-state index is 12.4. The van der Waals surface area contributed by atoms with Crippen molar-refractivity contribution in [3.8, 4) is 0 Å². The molecular weight excluding hydrogens is 394 g/mol. The topological polar surface area (TPSA) is 29.1 Å². The smallest absolute Gasteiger partial charge is 0.322 e. The molecule has 1 N–H and O–H groups in total. The van der Waals surface area contributed by atoms with Crippen molar-refractivity contribution in [1.82, 2.24) is 0 Å². The summed E-state index contributed by atoms with van der Waals surface area (Å²) < 4.78 is 38.3. The highest BCUT2D eigenvalue weighted by Crippen LogP contribution is 2.29. The monoisotopic (exact) mass is 405 g/mol. The number of rotatable bonds is 2. The van der Waals surface area contributed by atoms with Crippen LogP contribution in [0.4, 0.5) is 18.9 Å². The van der Waals surface area contributed by atoms with Crippen molar-refractivity contribution in [3.63, 3.8) is 0 Å². The molecule has 1 amide bonds. The Balaban J connectivity index is 2.14. The van der Waals surface area contributed by atoms with Gasteiger partial charge < -0.3 is 5.32 Å². The summed E-state index contributed by atoms with van der Waals surface area (Å²) in [5.41, 5.74) is 1.10. The van der Waals surface area contributed by atoms with Gasteiger partial charge in [-0.3, -0.25) is 4.79 Å². The molecule has 0 aliphatic heterocycles. The molecule has 0 aliphatic rings.